The number of fused-ring (bicyclic) bond motifs is 19. The van der Waals surface area contributed by atoms with Crippen LogP contribution in [0.4, 0.5) is 17.1 Å². The van der Waals surface area contributed by atoms with Gasteiger partial charge in [0.15, 0.2) is 0 Å². The van der Waals surface area contributed by atoms with Crippen molar-refractivity contribution >= 4 is 60.9 Å². The summed E-state index contributed by atoms with van der Waals surface area (Å²) in [6, 6.07) is 87.1. The highest BCUT2D eigenvalue weighted by Crippen LogP contribution is 2.63. The van der Waals surface area contributed by atoms with Crippen LogP contribution in [0, 0.1) is 0 Å². The molecule has 3 aliphatic rings. The Morgan fingerprint density at radius 3 is 1.62 bits per heavy atom. The SMILES string of the molecule is CC1(C)c2ccccc2-c2ccc(-c3c4oc5cc(N(c6cccc(-c7ccccc7)c6)c6ccc7c(c6)C6(c8ccccc8-c8ccccc86)c6ccccc6-7)ccc5c4cc4oc5ccccc5c34)cc21. The maximum absolute atomic E-state index is 7.36. The molecule has 16 rings (SSSR count). The van der Waals surface area contributed by atoms with E-state index in [4.69, 9.17) is 8.83 Å². The predicted molar refractivity (Wildman–Crippen MR) is 300 cm³/mol. The highest BCUT2D eigenvalue weighted by molar-refractivity contribution is 6.24. The third kappa shape index (κ3) is 5.43. The summed E-state index contributed by atoms with van der Waals surface area (Å²) in [5, 5.41) is 4.21. The molecule has 0 bridgehead atoms. The van der Waals surface area contributed by atoms with Crippen LogP contribution >= 0.6 is 0 Å². The largest absolute Gasteiger partial charge is 0.456 e. The third-order valence-electron chi connectivity index (χ3n) is 16.7. The lowest BCUT2D eigenvalue weighted by Crippen LogP contribution is -2.26. The van der Waals surface area contributed by atoms with Crippen LogP contribution in [0.5, 0.6) is 0 Å². The van der Waals surface area contributed by atoms with Gasteiger partial charge in [-0.2, -0.15) is 0 Å². The first-order chi connectivity index (χ1) is 35.9. The molecule has 0 unspecified atom stereocenters. The number of para-hydroxylation sites is 1. The molecule has 0 atom stereocenters. The van der Waals surface area contributed by atoms with Gasteiger partial charge in [-0.15, -0.1) is 0 Å². The molecule has 3 nitrogen and oxygen atoms in total. The molecule has 0 fully saturated rings. The third-order valence-corrected chi connectivity index (χ3v) is 16.7. The molecule has 11 aromatic carbocycles. The lowest BCUT2D eigenvalue weighted by molar-refractivity contribution is 0.660. The number of hydrogen-bond acceptors (Lipinski definition) is 3. The van der Waals surface area contributed by atoms with Crippen molar-refractivity contribution in [2.45, 2.75) is 24.7 Å². The molecule has 2 heterocycles. The van der Waals surface area contributed by atoms with E-state index in [2.05, 4.69) is 249 Å². The lowest BCUT2D eigenvalue weighted by Gasteiger charge is -2.32. The fourth-order valence-corrected chi connectivity index (χ4v) is 13.5. The minimum absolute atomic E-state index is 0.165. The van der Waals surface area contributed by atoms with Crippen molar-refractivity contribution in [3.8, 4) is 55.6 Å². The van der Waals surface area contributed by atoms with E-state index in [0.29, 0.717) is 0 Å². The van der Waals surface area contributed by atoms with Crippen LogP contribution in [0.25, 0.3) is 99.5 Å². The molecule has 1 spiro atoms. The van der Waals surface area contributed by atoms with Gasteiger partial charge in [0.2, 0.25) is 0 Å². The van der Waals surface area contributed by atoms with Crippen molar-refractivity contribution in [1.29, 1.82) is 0 Å². The van der Waals surface area contributed by atoms with Crippen LogP contribution < -0.4 is 4.90 Å². The van der Waals surface area contributed by atoms with Crippen molar-refractivity contribution in [3.05, 3.63) is 270 Å². The molecular formula is C70H45NO2. The molecule has 73 heavy (non-hydrogen) atoms. The van der Waals surface area contributed by atoms with Crippen LogP contribution in [0.15, 0.2) is 245 Å². The second-order valence-electron chi connectivity index (χ2n) is 20.7. The first-order valence-corrected chi connectivity index (χ1v) is 25.4. The first kappa shape index (κ1) is 40.5. The Hall–Kier alpha value is -9.18. The van der Waals surface area contributed by atoms with Crippen molar-refractivity contribution < 1.29 is 8.83 Å². The molecule has 13 aromatic rings. The second-order valence-corrected chi connectivity index (χ2v) is 20.7. The maximum atomic E-state index is 7.36. The summed E-state index contributed by atoms with van der Waals surface area (Å²) < 4.78 is 14.1. The smallest absolute Gasteiger partial charge is 0.144 e. The average Bonchev–Trinajstić information content (AvgIpc) is 4.22. The number of hydrogen-bond donors (Lipinski definition) is 0. The van der Waals surface area contributed by atoms with Crippen molar-refractivity contribution in [2.24, 2.45) is 0 Å². The summed E-state index contributed by atoms with van der Waals surface area (Å²) in [5.74, 6) is 0. The molecule has 342 valence electrons. The number of furan rings is 2. The highest BCUT2D eigenvalue weighted by atomic mass is 16.3. The average molecular weight is 932 g/mol. The van der Waals surface area contributed by atoms with Gasteiger partial charge in [-0.25, -0.2) is 0 Å². The maximum Gasteiger partial charge on any atom is 0.144 e. The van der Waals surface area contributed by atoms with Gasteiger partial charge in [-0.1, -0.05) is 190 Å². The van der Waals surface area contributed by atoms with Crippen LogP contribution in [0.1, 0.15) is 47.2 Å². The van der Waals surface area contributed by atoms with E-state index in [0.717, 1.165) is 77.6 Å². The summed E-state index contributed by atoms with van der Waals surface area (Å²) in [4.78, 5) is 2.42. The standard InChI is InChI=1S/C70H45NO2/c1-69(2)57-26-11-6-21-48(57)52-34-31-44(38-61(52)69)66-67-55-25-10-15-30-63(55)72-65(67)41-56-54-36-33-47(40-64(54)73-68(56)66)71(45-20-16-19-43(37-45)42-17-4-3-5-18-42)46-32-35-53-51-24-9-14-29-60(51)70(62(53)39-46)58-27-12-7-22-49(58)50-23-8-13-28-59(50)70/h3-41H,1-2H3. The van der Waals surface area contributed by atoms with Crippen LogP contribution in [0.3, 0.4) is 0 Å². The Bertz CT molecular complexity index is 4430. The number of nitrogens with zero attached hydrogens (tertiary/aromatic N) is 1. The molecule has 0 radical (unpaired) electrons. The van der Waals surface area contributed by atoms with E-state index in [9.17, 15) is 0 Å². The van der Waals surface area contributed by atoms with Crippen molar-refractivity contribution in [2.75, 3.05) is 4.90 Å². The molecule has 0 saturated heterocycles. The summed E-state index contributed by atoms with van der Waals surface area (Å²) in [6.07, 6.45) is 0. The summed E-state index contributed by atoms with van der Waals surface area (Å²) in [5.41, 5.74) is 26.0. The van der Waals surface area contributed by atoms with Gasteiger partial charge in [-0.3, -0.25) is 0 Å². The molecule has 3 heteroatoms. The van der Waals surface area contributed by atoms with E-state index in [1.54, 1.807) is 0 Å². The van der Waals surface area contributed by atoms with Crippen LogP contribution in [-0.2, 0) is 10.8 Å². The Kier molecular flexibility index (Phi) is 8.16. The lowest BCUT2D eigenvalue weighted by atomic mass is 9.70. The summed E-state index contributed by atoms with van der Waals surface area (Å²) >= 11 is 0. The van der Waals surface area contributed by atoms with Gasteiger partial charge in [0.25, 0.3) is 0 Å². The van der Waals surface area contributed by atoms with Gasteiger partial charge in [0.1, 0.15) is 22.3 Å². The van der Waals surface area contributed by atoms with Gasteiger partial charge in [0, 0.05) is 55.7 Å². The fraction of sp³-hybridized carbons (Fsp3) is 0.0571. The van der Waals surface area contributed by atoms with Crippen molar-refractivity contribution in [1.82, 2.24) is 0 Å². The number of benzene rings is 11. The highest BCUT2D eigenvalue weighted by Gasteiger charge is 2.51. The van der Waals surface area contributed by atoms with E-state index < -0.39 is 5.41 Å². The zero-order valence-electron chi connectivity index (χ0n) is 40.3. The Morgan fingerprint density at radius 2 is 0.877 bits per heavy atom. The minimum atomic E-state index is -0.484. The van der Waals surface area contributed by atoms with E-state index in [-0.39, 0.29) is 5.41 Å². The van der Waals surface area contributed by atoms with Gasteiger partial charge >= 0.3 is 0 Å². The Balaban J connectivity index is 0.935. The molecule has 0 aliphatic heterocycles. The first-order valence-electron chi connectivity index (χ1n) is 25.4. The number of rotatable bonds is 5. The molecule has 2 aromatic heterocycles. The zero-order chi connectivity index (χ0) is 48.2. The summed E-state index contributed by atoms with van der Waals surface area (Å²) in [7, 11) is 0. The molecule has 0 saturated carbocycles. The van der Waals surface area contributed by atoms with Gasteiger partial charge < -0.3 is 13.7 Å². The normalized spacial score (nSPS) is 14.1. The quantitative estimate of drug-likeness (QED) is 0.172. The Labute approximate surface area is 422 Å². The topological polar surface area (TPSA) is 29.5 Å². The molecule has 3 aliphatic carbocycles. The van der Waals surface area contributed by atoms with Crippen molar-refractivity contribution in [3.63, 3.8) is 0 Å². The zero-order valence-corrected chi connectivity index (χ0v) is 40.3. The number of anilines is 3. The van der Waals surface area contributed by atoms with E-state index in [1.807, 2.05) is 6.07 Å². The predicted octanol–water partition coefficient (Wildman–Crippen LogP) is 18.9. The molecular weight excluding hydrogens is 887 g/mol. The fourth-order valence-electron chi connectivity index (χ4n) is 13.5. The van der Waals surface area contributed by atoms with E-state index in [1.165, 1.54) is 72.3 Å². The van der Waals surface area contributed by atoms with E-state index >= 15 is 0 Å². The summed E-state index contributed by atoms with van der Waals surface area (Å²) in [6.45, 7) is 4.69. The second kappa shape index (κ2) is 14.7. The van der Waals surface area contributed by atoms with Crippen LogP contribution in [-0.4, -0.2) is 0 Å². The molecule has 0 amide bonds. The monoisotopic (exact) mass is 931 g/mol. The minimum Gasteiger partial charge on any atom is -0.456 e. The van der Waals surface area contributed by atoms with Gasteiger partial charge in [-0.05, 0) is 138 Å². The Morgan fingerprint density at radius 1 is 0.315 bits per heavy atom. The molecule has 0 N–H and O–H groups in total. The van der Waals surface area contributed by atoms with Gasteiger partial charge in [0.05, 0.1) is 5.41 Å². The van der Waals surface area contributed by atoms with Crippen LogP contribution in [0.2, 0.25) is 0 Å².